The SMILES string of the molecule is CCCC(N)CCCCCCCCC(N)CCC. The van der Waals surface area contributed by atoms with Gasteiger partial charge in [-0.2, -0.15) is 0 Å². The van der Waals surface area contributed by atoms with E-state index in [2.05, 4.69) is 13.8 Å². The molecule has 0 spiro atoms. The standard InChI is InChI=1S/C16H36N2/c1-3-11-15(17)13-9-7-5-6-8-10-14-16(18)12-4-2/h15-16H,3-14,17-18H2,1-2H3. The number of unbranched alkanes of at least 4 members (excludes halogenated alkanes) is 5. The predicted octanol–water partition coefficient (Wildman–Crippen LogP) is 4.36. The fourth-order valence-corrected chi connectivity index (χ4v) is 2.55. The Bertz CT molecular complexity index is 141. The molecular weight excluding hydrogens is 220 g/mol. The number of nitrogens with two attached hydrogens (primary N) is 2. The second kappa shape index (κ2) is 13.4. The van der Waals surface area contributed by atoms with Crippen molar-refractivity contribution in [2.75, 3.05) is 0 Å². The van der Waals surface area contributed by atoms with E-state index < -0.39 is 0 Å². The van der Waals surface area contributed by atoms with Gasteiger partial charge in [-0.25, -0.2) is 0 Å². The first-order valence-corrected chi connectivity index (χ1v) is 8.21. The summed E-state index contributed by atoms with van der Waals surface area (Å²) in [5, 5.41) is 0. The van der Waals surface area contributed by atoms with Crippen LogP contribution < -0.4 is 11.5 Å². The van der Waals surface area contributed by atoms with Gasteiger partial charge in [0.25, 0.3) is 0 Å². The molecule has 0 aliphatic carbocycles. The van der Waals surface area contributed by atoms with E-state index in [4.69, 9.17) is 11.5 Å². The molecule has 0 heterocycles. The number of hydrogen-bond donors (Lipinski definition) is 2. The molecule has 4 N–H and O–H groups in total. The molecule has 110 valence electrons. The van der Waals surface area contributed by atoms with Gasteiger partial charge in [-0.15, -0.1) is 0 Å². The lowest BCUT2D eigenvalue weighted by atomic mass is 10.0. The quantitative estimate of drug-likeness (QED) is 0.481. The first-order chi connectivity index (χ1) is 8.70. The van der Waals surface area contributed by atoms with Gasteiger partial charge in [0.1, 0.15) is 0 Å². The summed E-state index contributed by atoms with van der Waals surface area (Å²) in [6, 6.07) is 0.893. The van der Waals surface area contributed by atoms with Crippen molar-refractivity contribution in [3.8, 4) is 0 Å². The van der Waals surface area contributed by atoms with Crippen molar-refractivity contribution < 1.29 is 0 Å². The van der Waals surface area contributed by atoms with Gasteiger partial charge >= 0.3 is 0 Å². The van der Waals surface area contributed by atoms with Crippen molar-refractivity contribution in [3.63, 3.8) is 0 Å². The Hall–Kier alpha value is -0.0800. The monoisotopic (exact) mass is 256 g/mol. The summed E-state index contributed by atoms with van der Waals surface area (Å²) in [6.07, 6.45) is 15.4. The second-order valence-electron chi connectivity index (χ2n) is 5.80. The molecule has 0 saturated heterocycles. The molecule has 2 nitrogen and oxygen atoms in total. The highest BCUT2D eigenvalue weighted by Crippen LogP contribution is 2.12. The van der Waals surface area contributed by atoms with Gasteiger partial charge in [0, 0.05) is 12.1 Å². The molecule has 0 bridgehead atoms. The molecule has 18 heavy (non-hydrogen) atoms. The molecule has 0 aromatic heterocycles. The Labute approximate surface area is 115 Å². The normalized spacial score (nSPS) is 14.7. The minimum Gasteiger partial charge on any atom is -0.328 e. The van der Waals surface area contributed by atoms with Crippen molar-refractivity contribution in [1.29, 1.82) is 0 Å². The number of hydrogen-bond acceptors (Lipinski definition) is 2. The van der Waals surface area contributed by atoms with Crippen LogP contribution in [0, 0.1) is 0 Å². The average molecular weight is 256 g/mol. The van der Waals surface area contributed by atoms with Crippen molar-refractivity contribution >= 4 is 0 Å². The van der Waals surface area contributed by atoms with Gasteiger partial charge in [0.15, 0.2) is 0 Å². The second-order valence-corrected chi connectivity index (χ2v) is 5.80. The van der Waals surface area contributed by atoms with E-state index in [0.717, 1.165) is 0 Å². The molecule has 0 aromatic carbocycles. The molecule has 0 fully saturated rings. The minimum absolute atomic E-state index is 0.446. The smallest absolute Gasteiger partial charge is 0.00387 e. The summed E-state index contributed by atoms with van der Waals surface area (Å²) in [6.45, 7) is 4.42. The summed E-state index contributed by atoms with van der Waals surface area (Å²) in [7, 11) is 0. The highest BCUT2D eigenvalue weighted by Gasteiger charge is 2.01. The van der Waals surface area contributed by atoms with E-state index in [9.17, 15) is 0 Å². The van der Waals surface area contributed by atoms with Crippen LogP contribution in [0.1, 0.15) is 90.9 Å². The van der Waals surface area contributed by atoms with Crippen LogP contribution in [0.5, 0.6) is 0 Å². The van der Waals surface area contributed by atoms with Gasteiger partial charge in [-0.05, 0) is 25.7 Å². The van der Waals surface area contributed by atoms with Gasteiger partial charge < -0.3 is 11.5 Å². The lowest BCUT2D eigenvalue weighted by Crippen LogP contribution is -2.19. The van der Waals surface area contributed by atoms with Crippen molar-refractivity contribution in [2.45, 2.75) is 103 Å². The van der Waals surface area contributed by atoms with E-state index in [1.54, 1.807) is 0 Å². The molecule has 2 atom stereocenters. The fourth-order valence-electron chi connectivity index (χ4n) is 2.55. The van der Waals surface area contributed by atoms with Gasteiger partial charge in [-0.1, -0.05) is 65.2 Å². The zero-order valence-corrected chi connectivity index (χ0v) is 12.8. The third-order valence-electron chi connectivity index (χ3n) is 3.72. The molecule has 0 radical (unpaired) electrons. The summed E-state index contributed by atoms with van der Waals surface area (Å²) in [5.74, 6) is 0. The van der Waals surface area contributed by atoms with Crippen LogP contribution in [0.15, 0.2) is 0 Å². The summed E-state index contributed by atoms with van der Waals surface area (Å²) in [4.78, 5) is 0. The highest BCUT2D eigenvalue weighted by atomic mass is 14.6. The van der Waals surface area contributed by atoms with Crippen LogP contribution in [-0.4, -0.2) is 12.1 Å². The Balaban J connectivity index is 3.11. The molecule has 0 saturated carbocycles. The van der Waals surface area contributed by atoms with Gasteiger partial charge in [0.2, 0.25) is 0 Å². The van der Waals surface area contributed by atoms with Crippen LogP contribution in [0.4, 0.5) is 0 Å². The Morgan fingerprint density at radius 2 is 0.889 bits per heavy atom. The van der Waals surface area contributed by atoms with Crippen molar-refractivity contribution in [2.24, 2.45) is 11.5 Å². The molecule has 2 heteroatoms. The third kappa shape index (κ3) is 12.4. The zero-order valence-electron chi connectivity index (χ0n) is 12.8. The van der Waals surface area contributed by atoms with Crippen molar-refractivity contribution in [3.05, 3.63) is 0 Å². The summed E-state index contributed by atoms with van der Waals surface area (Å²) >= 11 is 0. The molecule has 0 aliphatic heterocycles. The largest absolute Gasteiger partial charge is 0.328 e. The molecule has 2 unspecified atom stereocenters. The maximum absolute atomic E-state index is 5.99. The number of rotatable bonds is 13. The molecule has 0 aromatic rings. The Morgan fingerprint density at radius 1 is 0.556 bits per heavy atom. The Kier molecular flexibility index (Phi) is 13.3. The van der Waals surface area contributed by atoms with E-state index in [0.29, 0.717) is 12.1 Å². The first-order valence-electron chi connectivity index (χ1n) is 8.21. The maximum atomic E-state index is 5.99. The topological polar surface area (TPSA) is 52.0 Å². The van der Waals surface area contributed by atoms with Crippen LogP contribution in [-0.2, 0) is 0 Å². The molecule has 0 amide bonds. The third-order valence-corrected chi connectivity index (χ3v) is 3.72. The lowest BCUT2D eigenvalue weighted by molar-refractivity contribution is 0.488. The highest BCUT2D eigenvalue weighted by molar-refractivity contribution is 4.61. The van der Waals surface area contributed by atoms with Gasteiger partial charge in [-0.3, -0.25) is 0 Å². The predicted molar refractivity (Wildman–Crippen MR) is 82.7 cm³/mol. The fraction of sp³-hybridized carbons (Fsp3) is 1.00. The van der Waals surface area contributed by atoms with E-state index in [1.807, 2.05) is 0 Å². The molecule has 0 aliphatic rings. The lowest BCUT2D eigenvalue weighted by Gasteiger charge is -2.10. The van der Waals surface area contributed by atoms with E-state index in [-0.39, 0.29) is 0 Å². The van der Waals surface area contributed by atoms with Crippen LogP contribution >= 0.6 is 0 Å². The Morgan fingerprint density at radius 3 is 1.22 bits per heavy atom. The van der Waals surface area contributed by atoms with Crippen LogP contribution in [0.25, 0.3) is 0 Å². The summed E-state index contributed by atoms with van der Waals surface area (Å²) < 4.78 is 0. The van der Waals surface area contributed by atoms with Gasteiger partial charge in [0.05, 0.1) is 0 Å². The summed E-state index contributed by atoms with van der Waals surface area (Å²) in [5.41, 5.74) is 12.0. The average Bonchev–Trinajstić information content (AvgIpc) is 2.33. The zero-order chi connectivity index (χ0) is 13.6. The maximum Gasteiger partial charge on any atom is 0.00387 e. The first kappa shape index (κ1) is 17.9. The van der Waals surface area contributed by atoms with E-state index >= 15 is 0 Å². The van der Waals surface area contributed by atoms with Crippen molar-refractivity contribution in [1.82, 2.24) is 0 Å². The minimum atomic E-state index is 0.446. The molecular formula is C16H36N2. The molecule has 0 rings (SSSR count). The van der Waals surface area contributed by atoms with E-state index in [1.165, 1.54) is 77.0 Å². The van der Waals surface area contributed by atoms with Crippen LogP contribution in [0.3, 0.4) is 0 Å². The van der Waals surface area contributed by atoms with Crippen LogP contribution in [0.2, 0.25) is 0 Å².